The predicted molar refractivity (Wildman–Crippen MR) is 114 cm³/mol. The number of carbonyl (C=O) groups excluding carboxylic acids is 1. The van der Waals surface area contributed by atoms with E-state index in [1.54, 1.807) is 12.1 Å². The second-order valence-corrected chi connectivity index (χ2v) is 8.85. The monoisotopic (exact) mass is 436 g/mol. The number of nitrogen functional groups attached to an aromatic ring is 1. The lowest BCUT2D eigenvalue weighted by Crippen LogP contribution is -2.52. The molecule has 1 aromatic carbocycles. The molecule has 174 valence electrons. The molecule has 2 heterocycles. The summed E-state index contributed by atoms with van der Waals surface area (Å²) in [5, 5.41) is 7.07. The lowest BCUT2D eigenvalue weighted by atomic mass is 9.65. The van der Waals surface area contributed by atoms with Gasteiger partial charge in [-0.2, -0.15) is 0 Å². The molecular formula is C23H36N2O6. The first-order valence-electron chi connectivity index (χ1n) is 11.2. The van der Waals surface area contributed by atoms with E-state index in [4.69, 9.17) is 25.3 Å². The minimum atomic E-state index is -0.297. The Hall–Kier alpha value is -1.55. The van der Waals surface area contributed by atoms with Crippen LogP contribution in [0.5, 0.6) is 0 Å². The minimum absolute atomic E-state index is 0.148. The van der Waals surface area contributed by atoms with Crippen molar-refractivity contribution < 1.29 is 29.1 Å². The molecule has 1 aliphatic carbocycles. The summed E-state index contributed by atoms with van der Waals surface area (Å²) >= 11 is 0. The maximum atomic E-state index is 11.6. The molecule has 7 atom stereocenters. The third kappa shape index (κ3) is 5.83. The third-order valence-corrected chi connectivity index (χ3v) is 6.91. The van der Waals surface area contributed by atoms with E-state index in [1.807, 2.05) is 12.1 Å². The van der Waals surface area contributed by atoms with Gasteiger partial charge in [0.25, 0.3) is 5.91 Å². The van der Waals surface area contributed by atoms with Gasteiger partial charge in [-0.1, -0.05) is 25.5 Å². The molecule has 4 N–H and O–H groups in total. The molecule has 8 heteroatoms. The molecule has 1 aromatic rings. The second-order valence-electron chi connectivity index (χ2n) is 8.85. The maximum Gasteiger partial charge on any atom is 0.265 e. The molecule has 0 aromatic heterocycles. The van der Waals surface area contributed by atoms with Crippen molar-refractivity contribution in [1.29, 1.82) is 0 Å². The van der Waals surface area contributed by atoms with Crippen LogP contribution in [0.2, 0.25) is 0 Å². The molecule has 8 nitrogen and oxygen atoms in total. The van der Waals surface area contributed by atoms with Gasteiger partial charge in [0.05, 0.1) is 19.8 Å². The molecule has 3 fully saturated rings. The van der Waals surface area contributed by atoms with Gasteiger partial charge < -0.3 is 14.2 Å². The average molecular weight is 437 g/mol. The third-order valence-electron chi connectivity index (χ3n) is 6.91. The molecule has 5 unspecified atom stereocenters. The Morgan fingerprint density at radius 2 is 1.87 bits per heavy atom. The summed E-state index contributed by atoms with van der Waals surface area (Å²) in [6, 6.07) is 7.29. The standard InChI is InChI=1S/C22H32N2O4.CH4O2/c1-13-6-9-16-4-3-5-18-14(2)21(28-22(27-13)19(16)18)26-12-15-7-10-17(11-8-15)20(25)24-23;1-3-2/h7-8,10-11,13-14,16,18-19,21-22H,3-6,9,12,23H2,1-2H3,(H,24,25);2H,1H3/t13-,14+,16?,18?,19?,21?,22?;/m0./s1. The number of nitrogens with two attached hydrogens (primary N) is 1. The van der Waals surface area contributed by atoms with Crippen molar-refractivity contribution in [3.63, 3.8) is 0 Å². The number of ether oxygens (including phenoxy) is 3. The van der Waals surface area contributed by atoms with Gasteiger partial charge in [0, 0.05) is 17.4 Å². The fraction of sp³-hybridized carbons (Fsp3) is 0.696. The number of hydrogen-bond donors (Lipinski definition) is 3. The number of hydrazine groups is 1. The van der Waals surface area contributed by atoms with Crippen LogP contribution in [-0.2, 0) is 25.7 Å². The highest BCUT2D eigenvalue weighted by Crippen LogP contribution is 2.50. The highest BCUT2D eigenvalue weighted by Gasteiger charge is 2.50. The fourth-order valence-electron chi connectivity index (χ4n) is 5.35. The SMILES string of the molecule is COO.C[C@H]1C(OCc2ccc(C(=O)NN)cc2)OC2O[C@@H](C)CCC3CCCC1C32. The Bertz CT molecular complexity index is 700. The first-order chi connectivity index (χ1) is 15.0. The summed E-state index contributed by atoms with van der Waals surface area (Å²) in [4.78, 5) is 14.8. The van der Waals surface area contributed by atoms with Crippen LogP contribution in [-0.4, -0.2) is 37.0 Å². The normalized spacial score (nSPS) is 34.5. The van der Waals surface area contributed by atoms with Gasteiger partial charge >= 0.3 is 0 Å². The summed E-state index contributed by atoms with van der Waals surface area (Å²) in [6.07, 6.45) is 6.05. The smallest absolute Gasteiger partial charge is 0.265 e. The van der Waals surface area contributed by atoms with Gasteiger partial charge in [0.1, 0.15) is 0 Å². The van der Waals surface area contributed by atoms with Crippen molar-refractivity contribution in [3.05, 3.63) is 35.4 Å². The van der Waals surface area contributed by atoms with Crippen molar-refractivity contribution in [3.8, 4) is 0 Å². The zero-order valence-electron chi connectivity index (χ0n) is 18.7. The molecule has 0 spiro atoms. The highest BCUT2D eigenvalue weighted by atomic mass is 17.1. The molecule has 31 heavy (non-hydrogen) atoms. The van der Waals surface area contributed by atoms with Crippen LogP contribution in [0.25, 0.3) is 0 Å². The molecule has 3 aliphatic rings. The molecule has 2 aliphatic heterocycles. The van der Waals surface area contributed by atoms with E-state index in [1.165, 1.54) is 32.8 Å². The van der Waals surface area contributed by atoms with Crippen LogP contribution in [0.1, 0.15) is 61.9 Å². The van der Waals surface area contributed by atoms with E-state index in [2.05, 4.69) is 24.2 Å². The summed E-state index contributed by atoms with van der Waals surface area (Å²) in [7, 11) is 1.18. The zero-order chi connectivity index (χ0) is 22.4. The van der Waals surface area contributed by atoms with Gasteiger partial charge in [-0.15, -0.1) is 0 Å². The molecule has 2 saturated heterocycles. The number of nitrogens with one attached hydrogen (secondary N) is 1. The molecule has 1 amide bonds. The van der Waals surface area contributed by atoms with Crippen molar-refractivity contribution in [1.82, 2.24) is 5.43 Å². The Morgan fingerprint density at radius 3 is 2.55 bits per heavy atom. The topological polar surface area (TPSA) is 112 Å². The van der Waals surface area contributed by atoms with E-state index >= 15 is 0 Å². The number of amides is 1. The summed E-state index contributed by atoms with van der Waals surface area (Å²) < 4.78 is 18.8. The first-order valence-corrected chi connectivity index (χ1v) is 11.2. The number of carbonyl (C=O) groups is 1. The Labute approximate surface area is 184 Å². The largest absolute Gasteiger partial charge is 0.349 e. The van der Waals surface area contributed by atoms with Crippen LogP contribution in [0, 0.1) is 23.7 Å². The van der Waals surface area contributed by atoms with Gasteiger partial charge in [-0.05, 0) is 62.1 Å². The zero-order valence-corrected chi connectivity index (χ0v) is 18.7. The molecular weight excluding hydrogens is 400 g/mol. The fourth-order valence-corrected chi connectivity index (χ4v) is 5.35. The van der Waals surface area contributed by atoms with Gasteiger partial charge in [0.2, 0.25) is 0 Å². The Morgan fingerprint density at radius 1 is 1.16 bits per heavy atom. The van der Waals surface area contributed by atoms with E-state index in [9.17, 15) is 4.79 Å². The van der Waals surface area contributed by atoms with Crippen molar-refractivity contribution in [2.45, 2.75) is 71.2 Å². The summed E-state index contributed by atoms with van der Waals surface area (Å²) in [6.45, 7) is 4.86. The van der Waals surface area contributed by atoms with Crippen LogP contribution in [0.15, 0.2) is 24.3 Å². The quantitative estimate of drug-likeness (QED) is 0.287. The minimum Gasteiger partial charge on any atom is -0.349 e. The van der Waals surface area contributed by atoms with Crippen LogP contribution >= 0.6 is 0 Å². The summed E-state index contributed by atoms with van der Waals surface area (Å²) in [5.74, 6) is 7.05. The van der Waals surface area contributed by atoms with Gasteiger partial charge in [-0.3, -0.25) is 15.5 Å². The van der Waals surface area contributed by atoms with Crippen LogP contribution in [0.3, 0.4) is 0 Å². The number of hydrogen-bond acceptors (Lipinski definition) is 7. The van der Waals surface area contributed by atoms with Crippen molar-refractivity contribution >= 4 is 5.91 Å². The maximum absolute atomic E-state index is 11.6. The van der Waals surface area contributed by atoms with Crippen LogP contribution < -0.4 is 11.3 Å². The summed E-state index contributed by atoms with van der Waals surface area (Å²) in [5.41, 5.74) is 3.68. The van der Waals surface area contributed by atoms with E-state index < -0.39 is 0 Å². The van der Waals surface area contributed by atoms with E-state index in [0.717, 1.165) is 17.9 Å². The van der Waals surface area contributed by atoms with Crippen molar-refractivity contribution in [2.75, 3.05) is 7.11 Å². The first kappa shape index (κ1) is 24.1. The Balaban J connectivity index is 0.000000858. The van der Waals surface area contributed by atoms with Crippen LogP contribution in [0.4, 0.5) is 0 Å². The van der Waals surface area contributed by atoms with E-state index in [-0.39, 0.29) is 24.6 Å². The number of rotatable bonds is 4. The van der Waals surface area contributed by atoms with Crippen molar-refractivity contribution in [2.24, 2.45) is 29.5 Å². The lowest BCUT2D eigenvalue weighted by molar-refractivity contribution is -0.334. The van der Waals surface area contributed by atoms with E-state index in [0.29, 0.717) is 29.9 Å². The predicted octanol–water partition coefficient (Wildman–Crippen LogP) is 3.46. The highest BCUT2D eigenvalue weighted by molar-refractivity contribution is 5.93. The van der Waals surface area contributed by atoms with Gasteiger partial charge in [-0.25, -0.2) is 10.7 Å². The Kier molecular flexibility index (Phi) is 8.83. The average Bonchev–Trinajstić information content (AvgIpc) is 2.94. The molecule has 0 bridgehead atoms. The van der Waals surface area contributed by atoms with Gasteiger partial charge in [0.15, 0.2) is 12.6 Å². The molecule has 4 rings (SSSR count). The molecule has 1 saturated carbocycles. The second kappa shape index (κ2) is 11.4. The lowest BCUT2D eigenvalue weighted by Gasteiger charge is -2.50. The number of benzene rings is 1. The molecule has 0 radical (unpaired) electrons.